The molecule has 3 heteroatoms. The fraction of sp³-hybridized carbons (Fsp3) is 0.500. The van der Waals surface area contributed by atoms with Crippen molar-refractivity contribution in [2.24, 2.45) is 11.8 Å². The second-order valence-corrected chi connectivity index (χ2v) is 7.29. The van der Waals surface area contributed by atoms with E-state index in [0.717, 1.165) is 23.2 Å². The molecular formula is C20H23NO2. The Morgan fingerprint density at radius 1 is 1.00 bits per heavy atom. The van der Waals surface area contributed by atoms with Gasteiger partial charge in [-0.15, -0.1) is 0 Å². The van der Waals surface area contributed by atoms with Crippen molar-refractivity contribution in [3.63, 3.8) is 0 Å². The highest BCUT2D eigenvalue weighted by molar-refractivity contribution is 6.01. The summed E-state index contributed by atoms with van der Waals surface area (Å²) in [5.41, 5.74) is 3.19. The standard InChI is InChI=1S/C20H23NO2/c1-12-6-5-9-15-19(12)21-16-10-14(13-7-3-2-4-8-13)11-17(22)18(16)20(15)23/h5-6,9,13-14H,2-4,7-8,10-11H2,1H3,(H,21,23). The molecule has 120 valence electrons. The molecule has 23 heavy (non-hydrogen) atoms. The van der Waals surface area contributed by atoms with Gasteiger partial charge in [-0.2, -0.15) is 0 Å². The normalized spacial score (nSPS) is 22.3. The van der Waals surface area contributed by atoms with Crippen LogP contribution in [-0.4, -0.2) is 10.8 Å². The van der Waals surface area contributed by atoms with E-state index in [4.69, 9.17) is 0 Å². The summed E-state index contributed by atoms with van der Waals surface area (Å²) < 4.78 is 0. The average molecular weight is 309 g/mol. The number of H-pyrrole nitrogens is 1. The summed E-state index contributed by atoms with van der Waals surface area (Å²) in [7, 11) is 0. The Balaban J connectivity index is 1.80. The van der Waals surface area contributed by atoms with Gasteiger partial charge in [0.25, 0.3) is 0 Å². The molecule has 1 saturated carbocycles. The van der Waals surface area contributed by atoms with Crippen molar-refractivity contribution in [2.75, 3.05) is 0 Å². The minimum Gasteiger partial charge on any atom is -0.357 e. The molecule has 4 rings (SSSR count). The van der Waals surface area contributed by atoms with Gasteiger partial charge in [-0.1, -0.05) is 44.2 Å². The quantitative estimate of drug-likeness (QED) is 0.860. The second-order valence-electron chi connectivity index (χ2n) is 7.29. The molecule has 1 unspecified atom stereocenters. The first kappa shape index (κ1) is 14.7. The van der Waals surface area contributed by atoms with E-state index in [2.05, 4.69) is 4.98 Å². The molecule has 2 aliphatic carbocycles. The molecule has 1 aromatic heterocycles. The van der Waals surface area contributed by atoms with Gasteiger partial charge in [0, 0.05) is 17.5 Å². The lowest BCUT2D eigenvalue weighted by molar-refractivity contribution is 0.0909. The number of rotatable bonds is 1. The lowest BCUT2D eigenvalue weighted by Crippen LogP contribution is -2.32. The first-order valence-corrected chi connectivity index (χ1v) is 8.83. The van der Waals surface area contributed by atoms with Crippen molar-refractivity contribution in [1.29, 1.82) is 0 Å². The van der Waals surface area contributed by atoms with E-state index in [9.17, 15) is 9.59 Å². The Morgan fingerprint density at radius 3 is 2.57 bits per heavy atom. The van der Waals surface area contributed by atoms with Crippen LogP contribution in [0.25, 0.3) is 10.9 Å². The largest absolute Gasteiger partial charge is 0.357 e. The van der Waals surface area contributed by atoms with E-state index >= 15 is 0 Å². The number of nitrogens with one attached hydrogen (secondary N) is 1. The number of benzene rings is 1. The van der Waals surface area contributed by atoms with E-state index in [1.54, 1.807) is 0 Å². The van der Waals surface area contributed by atoms with E-state index in [1.807, 2.05) is 25.1 Å². The minimum absolute atomic E-state index is 0.0477. The van der Waals surface area contributed by atoms with E-state index in [0.29, 0.717) is 29.2 Å². The molecule has 1 N–H and O–H groups in total. The third-order valence-corrected chi connectivity index (χ3v) is 5.83. The Bertz CT molecular complexity index is 827. The molecule has 2 aromatic rings. The van der Waals surface area contributed by atoms with Gasteiger partial charge in [-0.3, -0.25) is 9.59 Å². The number of hydrogen-bond acceptors (Lipinski definition) is 2. The summed E-state index contributed by atoms with van der Waals surface area (Å²) in [5, 5.41) is 0.646. The number of pyridine rings is 1. The maximum Gasteiger partial charge on any atom is 0.200 e. The van der Waals surface area contributed by atoms with Crippen molar-refractivity contribution in [2.45, 2.75) is 51.9 Å². The highest BCUT2D eigenvalue weighted by Gasteiger charge is 2.33. The lowest BCUT2D eigenvalue weighted by atomic mass is 9.72. The number of Topliss-reactive ketones (excluding diaryl/α,β-unsaturated/α-hetero) is 1. The Kier molecular flexibility index (Phi) is 3.59. The number of hydrogen-bond donors (Lipinski definition) is 1. The fourth-order valence-electron chi connectivity index (χ4n) is 4.57. The summed E-state index contributed by atoms with van der Waals surface area (Å²) in [6.07, 6.45) is 7.79. The second kappa shape index (κ2) is 5.63. The first-order chi connectivity index (χ1) is 11.1. The van der Waals surface area contributed by atoms with Crippen molar-refractivity contribution in [3.05, 3.63) is 45.2 Å². The van der Waals surface area contributed by atoms with Crippen LogP contribution < -0.4 is 5.43 Å². The molecule has 0 amide bonds. The molecule has 0 aliphatic heterocycles. The molecule has 0 radical (unpaired) electrons. The molecule has 1 aromatic carbocycles. The first-order valence-electron chi connectivity index (χ1n) is 8.83. The number of para-hydroxylation sites is 1. The summed E-state index contributed by atoms with van der Waals surface area (Å²) in [5.74, 6) is 1.11. The van der Waals surface area contributed by atoms with Crippen LogP contribution in [0.5, 0.6) is 0 Å². The Labute approximate surface area is 136 Å². The maximum atomic E-state index is 12.8. The third-order valence-electron chi connectivity index (χ3n) is 5.83. The van der Waals surface area contributed by atoms with E-state index < -0.39 is 0 Å². The number of carbonyl (C=O) groups excluding carboxylic acids is 1. The third kappa shape index (κ3) is 2.43. The summed E-state index contributed by atoms with van der Waals surface area (Å²) in [6.45, 7) is 2.01. The van der Waals surface area contributed by atoms with Gasteiger partial charge in [0.2, 0.25) is 0 Å². The smallest absolute Gasteiger partial charge is 0.200 e. The molecule has 0 spiro atoms. The number of carbonyl (C=O) groups is 1. The van der Waals surface area contributed by atoms with Gasteiger partial charge in [-0.05, 0) is 36.8 Å². The number of aromatic nitrogens is 1. The molecule has 1 atom stereocenters. The molecule has 0 bridgehead atoms. The number of aromatic amines is 1. The van der Waals surface area contributed by atoms with E-state index in [1.165, 1.54) is 32.1 Å². The molecule has 1 fully saturated rings. The zero-order chi connectivity index (χ0) is 16.0. The van der Waals surface area contributed by atoms with Crippen LogP contribution in [0.4, 0.5) is 0 Å². The van der Waals surface area contributed by atoms with Crippen LogP contribution >= 0.6 is 0 Å². The zero-order valence-electron chi connectivity index (χ0n) is 13.7. The summed E-state index contributed by atoms with van der Waals surface area (Å²) >= 11 is 0. The lowest BCUT2D eigenvalue weighted by Gasteiger charge is -2.33. The maximum absolute atomic E-state index is 12.8. The summed E-state index contributed by atoms with van der Waals surface area (Å²) in [6, 6.07) is 5.72. The number of ketones is 1. The zero-order valence-corrected chi connectivity index (χ0v) is 13.7. The highest BCUT2D eigenvalue weighted by atomic mass is 16.1. The number of aryl methyl sites for hydroxylation is 1. The van der Waals surface area contributed by atoms with Crippen molar-refractivity contribution in [3.8, 4) is 0 Å². The predicted octanol–water partition coefficient (Wildman–Crippen LogP) is 4.16. The monoisotopic (exact) mass is 309 g/mol. The van der Waals surface area contributed by atoms with Crippen LogP contribution in [0.3, 0.4) is 0 Å². The van der Waals surface area contributed by atoms with E-state index in [-0.39, 0.29) is 11.2 Å². The van der Waals surface area contributed by atoms with Crippen LogP contribution in [0.15, 0.2) is 23.0 Å². The van der Waals surface area contributed by atoms with Crippen molar-refractivity contribution in [1.82, 2.24) is 4.98 Å². The SMILES string of the molecule is Cc1cccc2c(=O)c3c([nH]c12)CC(C1CCCCC1)CC3=O. The van der Waals surface area contributed by atoms with Crippen molar-refractivity contribution < 1.29 is 4.79 Å². The predicted molar refractivity (Wildman–Crippen MR) is 92.0 cm³/mol. The molecule has 1 heterocycles. The number of fused-ring (bicyclic) bond motifs is 2. The van der Waals surface area contributed by atoms with Gasteiger partial charge in [-0.25, -0.2) is 0 Å². The van der Waals surface area contributed by atoms with Gasteiger partial charge in [0.1, 0.15) is 0 Å². The van der Waals surface area contributed by atoms with Gasteiger partial charge in [0.15, 0.2) is 11.2 Å². The van der Waals surface area contributed by atoms with Gasteiger partial charge >= 0.3 is 0 Å². The molecule has 2 aliphatic rings. The summed E-state index contributed by atoms with van der Waals surface area (Å²) in [4.78, 5) is 28.9. The van der Waals surface area contributed by atoms with Gasteiger partial charge in [0.05, 0.1) is 11.1 Å². The van der Waals surface area contributed by atoms with Gasteiger partial charge < -0.3 is 4.98 Å². The minimum atomic E-state index is -0.0791. The Hall–Kier alpha value is -1.90. The average Bonchev–Trinajstić information content (AvgIpc) is 2.56. The topological polar surface area (TPSA) is 49.9 Å². The van der Waals surface area contributed by atoms with Crippen LogP contribution in [-0.2, 0) is 6.42 Å². The highest BCUT2D eigenvalue weighted by Crippen LogP contribution is 2.37. The molecule has 0 saturated heterocycles. The fourth-order valence-corrected chi connectivity index (χ4v) is 4.57. The van der Waals surface area contributed by atoms with Crippen LogP contribution in [0.1, 0.15) is 60.1 Å². The molecular weight excluding hydrogens is 286 g/mol. The van der Waals surface area contributed by atoms with Crippen molar-refractivity contribution >= 4 is 16.7 Å². The Morgan fingerprint density at radius 2 is 1.78 bits per heavy atom. The van der Waals surface area contributed by atoms with Crippen LogP contribution in [0, 0.1) is 18.8 Å². The molecule has 3 nitrogen and oxygen atoms in total. The van der Waals surface area contributed by atoms with Crippen LogP contribution in [0.2, 0.25) is 0 Å².